The molecular weight excluding hydrogens is 357 g/mol. The molecule has 6 heteroatoms. The van der Waals surface area contributed by atoms with Crippen LogP contribution in [0.1, 0.15) is 11.1 Å². The van der Waals surface area contributed by atoms with E-state index in [1.807, 2.05) is 0 Å². The fourth-order valence-electron chi connectivity index (χ4n) is 1.64. The van der Waals surface area contributed by atoms with Crippen molar-refractivity contribution in [2.24, 2.45) is 0 Å². The van der Waals surface area contributed by atoms with E-state index in [-0.39, 0.29) is 17.0 Å². The summed E-state index contributed by atoms with van der Waals surface area (Å²) in [6, 6.07) is 6.56. The standard InChI is InChI=1S/C14H9BrClF3O/c15-13-9(2-1-3-10(13)17)7-20-14-11(18)4-8(6-16)5-12(14)19/h1-5H,6-7H2. The number of rotatable bonds is 4. The molecule has 0 N–H and O–H groups in total. The first-order chi connectivity index (χ1) is 9.52. The Kier molecular flexibility index (Phi) is 4.94. The second kappa shape index (κ2) is 6.50. The van der Waals surface area contributed by atoms with Crippen LogP contribution >= 0.6 is 27.5 Å². The highest BCUT2D eigenvalue weighted by Gasteiger charge is 2.14. The van der Waals surface area contributed by atoms with Gasteiger partial charge in [-0.3, -0.25) is 0 Å². The molecule has 106 valence electrons. The maximum atomic E-state index is 13.7. The molecule has 0 radical (unpaired) electrons. The molecule has 2 aromatic carbocycles. The average Bonchev–Trinajstić information content (AvgIpc) is 2.42. The topological polar surface area (TPSA) is 9.23 Å². The quantitative estimate of drug-likeness (QED) is 0.678. The first kappa shape index (κ1) is 15.2. The molecule has 0 atom stereocenters. The van der Waals surface area contributed by atoms with Crippen LogP contribution in [0.25, 0.3) is 0 Å². The van der Waals surface area contributed by atoms with Crippen molar-refractivity contribution in [3.63, 3.8) is 0 Å². The van der Waals surface area contributed by atoms with Crippen molar-refractivity contribution < 1.29 is 17.9 Å². The highest BCUT2D eigenvalue weighted by Crippen LogP contribution is 2.27. The van der Waals surface area contributed by atoms with E-state index in [4.69, 9.17) is 16.3 Å². The molecular formula is C14H9BrClF3O. The smallest absolute Gasteiger partial charge is 0.191 e. The van der Waals surface area contributed by atoms with Gasteiger partial charge in [-0.1, -0.05) is 12.1 Å². The van der Waals surface area contributed by atoms with Gasteiger partial charge in [-0.2, -0.15) is 0 Å². The number of halogens is 5. The predicted octanol–water partition coefficient (Wildman–Crippen LogP) is 5.18. The van der Waals surface area contributed by atoms with Gasteiger partial charge in [-0.05, 0) is 39.7 Å². The fourth-order valence-corrected chi connectivity index (χ4v) is 2.17. The van der Waals surface area contributed by atoms with Gasteiger partial charge in [0, 0.05) is 11.4 Å². The average molecular weight is 366 g/mol. The van der Waals surface area contributed by atoms with Crippen LogP contribution in [0.5, 0.6) is 5.75 Å². The van der Waals surface area contributed by atoms with Crippen LogP contribution in [-0.2, 0) is 12.5 Å². The maximum Gasteiger partial charge on any atom is 0.191 e. The van der Waals surface area contributed by atoms with Crippen LogP contribution in [0.3, 0.4) is 0 Å². The SMILES string of the molecule is Fc1cccc(COc2c(F)cc(CCl)cc2F)c1Br. The summed E-state index contributed by atoms with van der Waals surface area (Å²) in [6.45, 7) is -0.160. The molecule has 0 aliphatic heterocycles. The van der Waals surface area contributed by atoms with Crippen LogP contribution in [0, 0.1) is 17.5 Å². The van der Waals surface area contributed by atoms with Crippen molar-refractivity contribution in [1.29, 1.82) is 0 Å². The van der Waals surface area contributed by atoms with Crippen LogP contribution < -0.4 is 4.74 Å². The fraction of sp³-hybridized carbons (Fsp3) is 0.143. The first-order valence-corrected chi connectivity index (χ1v) is 6.95. The molecule has 1 nitrogen and oxygen atoms in total. The molecule has 0 heterocycles. The number of hydrogen-bond acceptors (Lipinski definition) is 1. The summed E-state index contributed by atoms with van der Waals surface area (Å²) in [5.41, 5.74) is 0.770. The first-order valence-electron chi connectivity index (χ1n) is 5.62. The molecule has 0 bridgehead atoms. The lowest BCUT2D eigenvalue weighted by molar-refractivity contribution is 0.272. The molecule has 0 fully saturated rings. The third-order valence-corrected chi connectivity index (χ3v) is 3.81. The van der Waals surface area contributed by atoms with Gasteiger partial charge >= 0.3 is 0 Å². The lowest BCUT2D eigenvalue weighted by Gasteiger charge is -2.11. The molecule has 2 rings (SSSR count). The molecule has 0 aliphatic carbocycles. The zero-order chi connectivity index (χ0) is 14.7. The van der Waals surface area contributed by atoms with Crippen LogP contribution in [0.4, 0.5) is 13.2 Å². The lowest BCUT2D eigenvalue weighted by atomic mass is 10.2. The molecule has 0 saturated heterocycles. The van der Waals surface area contributed by atoms with Crippen molar-refractivity contribution in [2.45, 2.75) is 12.5 Å². The van der Waals surface area contributed by atoms with E-state index in [1.165, 1.54) is 12.1 Å². The van der Waals surface area contributed by atoms with Gasteiger partial charge < -0.3 is 4.74 Å². The Morgan fingerprint density at radius 3 is 2.30 bits per heavy atom. The number of ether oxygens (including phenoxy) is 1. The van der Waals surface area contributed by atoms with Crippen LogP contribution in [-0.4, -0.2) is 0 Å². The van der Waals surface area contributed by atoms with E-state index >= 15 is 0 Å². The minimum atomic E-state index is -0.840. The molecule has 0 amide bonds. The molecule has 2 aromatic rings. The molecule has 20 heavy (non-hydrogen) atoms. The van der Waals surface area contributed by atoms with Crippen molar-refractivity contribution in [1.82, 2.24) is 0 Å². The van der Waals surface area contributed by atoms with Gasteiger partial charge in [0.25, 0.3) is 0 Å². The Bertz CT molecular complexity index is 611. The van der Waals surface area contributed by atoms with Gasteiger partial charge in [-0.25, -0.2) is 13.2 Å². The summed E-state index contributed by atoms with van der Waals surface area (Å²) in [4.78, 5) is 0. The van der Waals surface area contributed by atoms with E-state index in [2.05, 4.69) is 15.9 Å². The van der Waals surface area contributed by atoms with Gasteiger partial charge in [0.15, 0.2) is 17.4 Å². The van der Waals surface area contributed by atoms with Crippen molar-refractivity contribution in [3.8, 4) is 5.75 Å². The minimum absolute atomic E-state index is 0.00354. The predicted molar refractivity (Wildman–Crippen MR) is 74.3 cm³/mol. The summed E-state index contributed by atoms with van der Waals surface area (Å²) in [7, 11) is 0. The number of alkyl halides is 1. The number of benzene rings is 2. The summed E-state index contributed by atoms with van der Waals surface area (Å²) >= 11 is 8.57. The van der Waals surface area contributed by atoms with E-state index in [0.717, 1.165) is 12.1 Å². The zero-order valence-electron chi connectivity index (χ0n) is 10.1. The van der Waals surface area contributed by atoms with Gasteiger partial charge in [0.1, 0.15) is 12.4 Å². The zero-order valence-corrected chi connectivity index (χ0v) is 12.4. The molecule has 0 aromatic heterocycles. The summed E-state index contributed by atoms with van der Waals surface area (Å²) in [6.07, 6.45) is 0. The number of hydrogen-bond donors (Lipinski definition) is 0. The van der Waals surface area contributed by atoms with Gasteiger partial charge in [-0.15, -0.1) is 11.6 Å². The van der Waals surface area contributed by atoms with E-state index in [0.29, 0.717) is 11.1 Å². The Balaban J connectivity index is 2.21. The van der Waals surface area contributed by atoms with E-state index < -0.39 is 23.2 Å². The monoisotopic (exact) mass is 364 g/mol. The lowest BCUT2D eigenvalue weighted by Crippen LogP contribution is -2.02. The van der Waals surface area contributed by atoms with Crippen molar-refractivity contribution >= 4 is 27.5 Å². The Morgan fingerprint density at radius 1 is 1.05 bits per heavy atom. The summed E-state index contributed by atoms with van der Waals surface area (Å²) < 4.78 is 45.9. The maximum absolute atomic E-state index is 13.7. The Hall–Kier alpha value is -1.20. The van der Waals surface area contributed by atoms with Crippen molar-refractivity contribution in [3.05, 3.63) is 63.4 Å². The van der Waals surface area contributed by atoms with E-state index in [9.17, 15) is 13.2 Å². The highest BCUT2D eigenvalue weighted by molar-refractivity contribution is 9.10. The van der Waals surface area contributed by atoms with Gasteiger partial charge in [0.05, 0.1) is 4.47 Å². The van der Waals surface area contributed by atoms with Crippen LogP contribution in [0.2, 0.25) is 0 Å². The second-order valence-electron chi connectivity index (χ2n) is 4.02. The minimum Gasteiger partial charge on any atom is -0.483 e. The molecule has 0 unspecified atom stereocenters. The molecule has 0 saturated carbocycles. The Labute approximate surface area is 127 Å². The second-order valence-corrected chi connectivity index (χ2v) is 5.08. The van der Waals surface area contributed by atoms with Crippen molar-refractivity contribution in [2.75, 3.05) is 0 Å². The molecule has 0 spiro atoms. The summed E-state index contributed by atoms with van der Waals surface area (Å²) in [5.74, 6) is -2.65. The van der Waals surface area contributed by atoms with Gasteiger partial charge in [0.2, 0.25) is 0 Å². The molecule has 0 aliphatic rings. The highest BCUT2D eigenvalue weighted by atomic mass is 79.9. The third-order valence-electron chi connectivity index (χ3n) is 2.62. The largest absolute Gasteiger partial charge is 0.483 e. The van der Waals surface area contributed by atoms with Crippen LogP contribution in [0.15, 0.2) is 34.8 Å². The Morgan fingerprint density at radius 2 is 1.70 bits per heavy atom. The summed E-state index contributed by atoms with van der Waals surface area (Å²) in [5, 5.41) is 0. The normalized spacial score (nSPS) is 10.7. The van der Waals surface area contributed by atoms with E-state index in [1.54, 1.807) is 6.07 Å². The third kappa shape index (κ3) is 3.27.